The molecule has 3 rings (SSSR count). The van der Waals surface area contributed by atoms with Crippen LogP contribution < -0.4 is 15.4 Å². The van der Waals surface area contributed by atoms with Crippen LogP contribution in [0.15, 0.2) is 23.2 Å². The second-order valence-corrected chi connectivity index (χ2v) is 6.70. The van der Waals surface area contributed by atoms with Crippen molar-refractivity contribution in [3.8, 4) is 5.75 Å². The number of benzene rings is 1. The van der Waals surface area contributed by atoms with Crippen LogP contribution in [0.5, 0.6) is 5.75 Å². The third kappa shape index (κ3) is 5.74. The maximum atomic E-state index is 9.91. The van der Waals surface area contributed by atoms with Crippen LogP contribution in [-0.2, 0) is 12.8 Å². The molecule has 0 radical (unpaired) electrons. The molecule has 6 heteroatoms. The number of nitrogens with zero attached hydrogens (tertiary/aromatic N) is 1. The van der Waals surface area contributed by atoms with Gasteiger partial charge in [-0.15, -0.1) is 24.0 Å². The second kappa shape index (κ2) is 10.2. The summed E-state index contributed by atoms with van der Waals surface area (Å²) in [5.41, 5.74) is 2.65. The summed E-state index contributed by atoms with van der Waals surface area (Å²) >= 11 is 0. The van der Waals surface area contributed by atoms with E-state index in [-0.39, 0.29) is 30.1 Å². The predicted molar refractivity (Wildman–Crippen MR) is 112 cm³/mol. The van der Waals surface area contributed by atoms with Crippen LogP contribution in [0.1, 0.15) is 37.3 Å². The van der Waals surface area contributed by atoms with E-state index in [9.17, 15) is 5.11 Å². The predicted octanol–water partition coefficient (Wildman–Crippen LogP) is 2.50. The van der Waals surface area contributed by atoms with Gasteiger partial charge in [0.1, 0.15) is 5.75 Å². The normalized spacial score (nSPS) is 22.1. The molecule has 1 saturated carbocycles. The maximum absolute atomic E-state index is 9.91. The van der Waals surface area contributed by atoms with Crippen molar-refractivity contribution in [1.29, 1.82) is 0 Å². The van der Waals surface area contributed by atoms with Gasteiger partial charge in [-0.3, -0.25) is 4.99 Å². The van der Waals surface area contributed by atoms with E-state index in [1.807, 2.05) is 0 Å². The lowest BCUT2D eigenvalue weighted by atomic mass is 10.1. The number of hydrogen-bond donors (Lipinski definition) is 3. The molecule has 0 bridgehead atoms. The van der Waals surface area contributed by atoms with Crippen molar-refractivity contribution in [1.82, 2.24) is 10.6 Å². The summed E-state index contributed by atoms with van der Waals surface area (Å²) in [6, 6.07) is 6.48. The molecule has 1 fully saturated rings. The molecule has 2 aliphatic rings. The van der Waals surface area contributed by atoms with Crippen molar-refractivity contribution < 1.29 is 9.84 Å². The van der Waals surface area contributed by atoms with E-state index in [2.05, 4.69) is 40.7 Å². The minimum Gasteiger partial charge on any atom is -0.493 e. The smallest absolute Gasteiger partial charge is 0.191 e. The number of nitrogens with one attached hydrogen (secondary N) is 2. The number of rotatable bonds is 6. The largest absolute Gasteiger partial charge is 0.493 e. The standard InChI is InChI=1S/C19H29N3O2.HI/c1-2-20-19(22-13-16-4-3-5-17(16)23)21-10-8-14-6-7-18-15(12-14)9-11-24-18;/h6-7,12,16-17,23H,2-5,8-11,13H2,1H3,(H2,20,21,22);1H. The zero-order chi connectivity index (χ0) is 16.8. The Balaban J connectivity index is 0.00000225. The van der Waals surface area contributed by atoms with Crippen molar-refractivity contribution >= 4 is 29.9 Å². The first-order chi connectivity index (χ1) is 11.8. The molecule has 2 unspecified atom stereocenters. The number of halogens is 1. The zero-order valence-electron chi connectivity index (χ0n) is 15.0. The van der Waals surface area contributed by atoms with Gasteiger partial charge in [0.2, 0.25) is 0 Å². The molecule has 140 valence electrons. The highest BCUT2D eigenvalue weighted by Gasteiger charge is 2.24. The molecule has 1 aromatic carbocycles. The lowest BCUT2D eigenvalue weighted by Gasteiger charge is -2.15. The van der Waals surface area contributed by atoms with Crippen LogP contribution in [0.3, 0.4) is 0 Å². The summed E-state index contributed by atoms with van der Waals surface area (Å²) in [7, 11) is 0. The first-order valence-electron chi connectivity index (χ1n) is 9.21. The van der Waals surface area contributed by atoms with Gasteiger partial charge < -0.3 is 20.5 Å². The molecule has 3 N–H and O–H groups in total. The molecule has 1 aliphatic carbocycles. The summed E-state index contributed by atoms with van der Waals surface area (Å²) in [5.74, 6) is 2.20. The van der Waals surface area contributed by atoms with Crippen LogP contribution in [0, 0.1) is 5.92 Å². The Morgan fingerprint density at radius 1 is 1.32 bits per heavy atom. The van der Waals surface area contributed by atoms with E-state index >= 15 is 0 Å². The highest BCUT2D eigenvalue weighted by atomic mass is 127. The lowest BCUT2D eigenvalue weighted by molar-refractivity contribution is 0.136. The number of aliphatic imine (C=N–C) groups is 1. The quantitative estimate of drug-likeness (QED) is 0.348. The average molecular weight is 459 g/mol. The summed E-state index contributed by atoms with van der Waals surface area (Å²) in [4.78, 5) is 4.65. The molecule has 1 heterocycles. The van der Waals surface area contributed by atoms with Gasteiger partial charge in [-0.2, -0.15) is 0 Å². The van der Waals surface area contributed by atoms with Crippen molar-refractivity contribution in [3.05, 3.63) is 29.3 Å². The van der Waals surface area contributed by atoms with E-state index in [0.717, 1.165) is 63.5 Å². The van der Waals surface area contributed by atoms with Crippen LogP contribution in [0.2, 0.25) is 0 Å². The van der Waals surface area contributed by atoms with Crippen molar-refractivity contribution in [2.75, 3.05) is 26.2 Å². The molecule has 25 heavy (non-hydrogen) atoms. The van der Waals surface area contributed by atoms with Crippen molar-refractivity contribution in [3.63, 3.8) is 0 Å². The Kier molecular flexibility index (Phi) is 8.29. The molecule has 0 amide bonds. The van der Waals surface area contributed by atoms with Crippen LogP contribution >= 0.6 is 24.0 Å². The number of ether oxygens (including phenoxy) is 1. The Bertz CT molecular complexity index is 580. The van der Waals surface area contributed by atoms with E-state index in [1.54, 1.807) is 0 Å². The SMILES string of the molecule is CCNC(=NCC1CCCC1O)NCCc1ccc2c(c1)CCO2.I. The first kappa shape index (κ1) is 20.3. The van der Waals surface area contributed by atoms with E-state index in [4.69, 9.17) is 4.74 Å². The van der Waals surface area contributed by atoms with Crippen LogP contribution in [0.4, 0.5) is 0 Å². The van der Waals surface area contributed by atoms with Gasteiger partial charge in [0.15, 0.2) is 5.96 Å². The molecule has 1 aliphatic heterocycles. The van der Waals surface area contributed by atoms with Gasteiger partial charge in [-0.1, -0.05) is 18.6 Å². The number of aliphatic hydroxyl groups is 1. The zero-order valence-corrected chi connectivity index (χ0v) is 17.3. The first-order valence-corrected chi connectivity index (χ1v) is 9.21. The van der Waals surface area contributed by atoms with Crippen LogP contribution in [-0.4, -0.2) is 43.4 Å². The van der Waals surface area contributed by atoms with E-state index in [1.165, 1.54) is 11.1 Å². The third-order valence-electron chi connectivity index (χ3n) is 4.91. The summed E-state index contributed by atoms with van der Waals surface area (Å²) in [5, 5.41) is 16.6. The van der Waals surface area contributed by atoms with Gasteiger partial charge in [0.05, 0.1) is 12.7 Å². The topological polar surface area (TPSA) is 65.9 Å². The Morgan fingerprint density at radius 2 is 2.20 bits per heavy atom. The fourth-order valence-electron chi connectivity index (χ4n) is 3.50. The molecule has 2 atom stereocenters. The minimum absolute atomic E-state index is 0. The Morgan fingerprint density at radius 3 is 2.96 bits per heavy atom. The third-order valence-corrected chi connectivity index (χ3v) is 4.91. The molecule has 5 nitrogen and oxygen atoms in total. The summed E-state index contributed by atoms with van der Waals surface area (Å²) < 4.78 is 5.55. The second-order valence-electron chi connectivity index (χ2n) is 6.70. The number of aliphatic hydroxyl groups excluding tert-OH is 1. The number of fused-ring (bicyclic) bond motifs is 1. The molecule has 0 aromatic heterocycles. The number of guanidine groups is 1. The highest BCUT2D eigenvalue weighted by molar-refractivity contribution is 14.0. The molecule has 1 aromatic rings. The van der Waals surface area contributed by atoms with Gasteiger partial charge in [-0.05, 0) is 43.4 Å². The minimum atomic E-state index is -0.176. The van der Waals surface area contributed by atoms with Gasteiger partial charge in [-0.25, -0.2) is 0 Å². The average Bonchev–Trinajstić information content (AvgIpc) is 3.21. The maximum Gasteiger partial charge on any atom is 0.191 e. The van der Waals surface area contributed by atoms with Crippen LogP contribution in [0.25, 0.3) is 0 Å². The highest BCUT2D eigenvalue weighted by Crippen LogP contribution is 2.26. The summed E-state index contributed by atoms with van der Waals surface area (Å²) in [6.45, 7) is 5.27. The molecular weight excluding hydrogens is 429 g/mol. The fraction of sp³-hybridized carbons (Fsp3) is 0.632. The van der Waals surface area contributed by atoms with E-state index < -0.39 is 0 Å². The molecule has 0 saturated heterocycles. The van der Waals surface area contributed by atoms with Gasteiger partial charge in [0.25, 0.3) is 0 Å². The Labute approximate surface area is 167 Å². The fourth-order valence-corrected chi connectivity index (χ4v) is 3.50. The lowest BCUT2D eigenvalue weighted by Crippen LogP contribution is -2.39. The Hall–Kier alpha value is -1.02. The number of hydrogen-bond acceptors (Lipinski definition) is 3. The van der Waals surface area contributed by atoms with E-state index in [0.29, 0.717) is 12.5 Å². The van der Waals surface area contributed by atoms with Gasteiger partial charge >= 0.3 is 0 Å². The summed E-state index contributed by atoms with van der Waals surface area (Å²) in [6.07, 6.45) is 4.93. The van der Waals surface area contributed by atoms with Crippen molar-refractivity contribution in [2.24, 2.45) is 10.9 Å². The monoisotopic (exact) mass is 459 g/mol. The van der Waals surface area contributed by atoms with Crippen molar-refractivity contribution in [2.45, 2.75) is 45.1 Å². The van der Waals surface area contributed by atoms with Gasteiger partial charge in [0, 0.05) is 32.0 Å². The molecule has 0 spiro atoms. The molecular formula is C19H30IN3O2.